The van der Waals surface area contributed by atoms with Gasteiger partial charge in [0.2, 0.25) is 0 Å². The molecule has 0 unspecified atom stereocenters. The van der Waals surface area contributed by atoms with Crippen molar-refractivity contribution in [1.29, 1.82) is 0 Å². The lowest BCUT2D eigenvalue weighted by Crippen LogP contribution is -2.53. The second-order valence-electron chi connectivity index (χ2n) is 4.23. The Morgan fingerprint density at radius 2 is 1.68 bits per heavy atom. The van der Waals surface area contributed by atoms with Crippen molar-refractivity contribution in [3.63, 3.8) is 0 Å². The summed E-state index contributed by atoms with van der Waals surface area (Å²) < 4.78 is 93.7. The Hall–Kier alpha value is -2.06. The second-order valence-corrected chi connectivity index (χ2v) is 4.23. The Labute approximate surface area is 120 Å². The summed E-state index contributed by atoms with van der Waals surface area (Å²) in [5.41, 5.74) is 0.480. The molecule has 0 fully saturated rings. The predicted molar refractivity (Wildman–Crippen MR) is 61.9 cm³/mol. The summed E-state index contributed by atoms with van der Waals surface area (Å²) >= 11 is 0. The van der Waals surface area contributed by atoms with Gasteiger partial charge in [0, 0.05) is 6.08 Å². The molecule has 0 saturated heterocycles. The molecule has 0 saturated carbocycles. The van der Waals surface area contributed by atoms with Crippen LogP contribution in [0.3, 0.4) is 0 Å². The van der Waals surface area contributed by atoms with E-state index in [1.165, 1.54) is 19.1 Å². The molecule has 1 aromatic carbocycles. The molecule has 122 valence electrons. The number of alkyl halides is 7. The fourth-order valence-corrected chi connectivity index (χ4v) is 1.40. The van der Waals surface area contributed by atoms with E-state index in [4.69, 9.17) is 0 Å². The standard InChI is InChI=1S/C13H9F7O2/c1-8-3-2-4-9(7-8)22-10(5-6-21)11(14,15)12(16,17)13(18,19)20/h2-7H,1H3/b10-5+. The first kappa shape index (κ1) is 18.0. The third-order valence-electron chi connectivity index (χ3n) is 2.50. The van der Waals surface area contributed by atoms with Gasteiger partial charge in [-0.2, -0.15) is 30.7 Å². The summed E-state index contributed by atoms with van der Waals surface area (Å²) in [5.74, 6) is -14.7. The van der Waals surface area contributed by atoms with Crippen LogP contribution in [0, 0.1) is 6.92 Å². The molecule has 0 aliphatic rings. The fraction of sp³-hybridized carbons (Fsp3) is 0.308. The highest BCUT2D eigenvalue weighted by Crippen LogP contribution is 2.49. The fourth-order valence-electron chi connectivity index (χ4n) is 1.40. The highest BCUT2D eigenvalue weighted by molar-refractivity contribution is 5.66. The van der Waals surface area contributed by atoms with Crippen molar-refractivity contribution in [3.8, 4) is 5.75 Å². The minimum absolute atomic E-state index is 0.179. The zero-order valence-corrected chi connectivity index (χ0v) is 10.9. The molecular weight excluding hydrogens is 321 g/mol. The van der Waals surface area contributed by atoms with Crippen molar-refractivity contribution < 1.29 is 40.3 Å². The normalized spacial score (nSPS) is 13.9. The van der Waals surface area contributed by atoms with Gasteiger partial charge in [-0.25, -0.2) is 0 Å². The number of carbonyl (C=O) groups is 1. The molecule has 0 amide bonds. The molecule has 1 aromatic rings. The van der Waals surface area contributed by atoms with Crippen LogP contribution < -0.4 is 4.74 Å². The van der Waals surface area contributed by atoms with Crippen molar-refractivity contribution in [2.45, 2.75) is 24.9 Å². The molecule has 0 aliphatic heterocycles. The topological polar surface area (TPSA) is 26.3 Å². The predicted octanol–water partition coefficient (Wildman–Crippen LogP) is 4.29. The molecule has 0 heterocycles. The van der Waals surface area contributed by atoms with Crippen LogP contribution in [0.1, 0.15) is 5.56 Å². The Morgan fingerprint density at radius 1 is 1.09 bits per heavy atom. The number of allylic oxidation sites excluding steroid dienone is 2. The van der Waals surface area contributed by atoms with Crippen molar-refractivity contribution in [2.24, 2.45) is 0 Å². The lowest BCUT2D eigenvalue weighted by atomic mass is 10.1. The molecule has 2 nitrogen and oxygen atoms in total. The van der Waals surface area contributed by atoms with E-state index in [-0.39, 0.29) is 12.4 Å². The maximum Gasteiger partial charge on any atom is 0.460 e. The van der Waals surface area contributed by atoms with E-state index in [9.17, 15) is 35.5 Å². The molecule has 0 N–H and O–H groups in total. The van der Waals surface area contributed by atoms with Gasteiger partial charge in [0.15, 0.2) is 5.76 Å². The molecule has 1 rings (SSSR count). The number of hydrogen-bond donors (Lipinski definition) is 0. The van der Waals surface area contributed by atoms with Gasteiger partial charge in [0.25, 0.3) is 0 Å². The van der Waals surface area contributed by atoms with Crippen molar-refractivity contribution in [3.05, 3.63) is 41.7 Å². The van der Waals surface area contributed by atoms with Crippen LogP contribution in [-0.4, -0.2) is 24.3 Å². The second kappa shape index (κ2) is 5.98. The number of carbonyl (C=O) groups excluding carboxylic acids is 1. The number of halogens is 7. The van der Waals surface area contributed by atoms with Crippen LogP contribution in [0.4, 0.5) is 30.7 Å². The van der Waals surface area contributed by atoms with Gasteiger partial charge in [-0.05, 0) is 24.6 Å². The molecule has 0 radical (unpaired) electrons. The van der Waals surface area contributed by atoms with Crippen LogP contribution in [0.2, 0.25) is 0 Å². The SMILES string of the molecule is Cc1cccc(O/C(=C/C=O)C(F)(F)C(F)(F)C(F)(F)F)c1. The van der Waals surface area contributed by atoms with Gasteiger partial charge in [0.05, 0.1) is 0 Å². The first-order valence-corrected chi connectivity index (χ1v) is 5.66. The number of aryl methyl sites for hydroxylation is 1. The Morgan fingerprint density at radius 3 is 2.14 bits per heavy atom. The van der Waals surface area contributed by atoms with Crippen LogP contribution in [-0.2, 0) is 4.79 Å². The number of hydrogen-bond acceptors (Lipinski definition) is 2. The first-order chi connectivity index (χ1) is 9.93. The van der Waals surface area contributed by atoms with E-state index < -0.39 is 29.5 Å². The Kier molecular flexibility index (Phi) is 4.89. The number of ether oxygens (including phenoxy) is 1. The van der Waals surface area contributed by atoms with Crippen LogP contribution >= 0.6 is 0 Å². The smallest absolute Gasteiger partial charge is 0.455 e. The Bertz CT molecular complexity index is 576. The molecule has 0 aliphatic carbocycles. The van der Waals surface area contributed by atoms with Crippen LogP contribution in [0.15, 0.2) is 36.1 Å². The largest absolute Gasteiger partial charge is 0.460 e. The number of rotatable bonds is 5. The Balaban J connectivity index is 3.26. The van der Waals surface area contributed by atoms with Crippen LogP contribution in [0.5, 0.6) is 5.75 Å². The molecule has 9 heteroatoms. The van der Waals surface area contributed by atoms with E-state index in [1.807, 2.05) is 0 Å². The van der Waals surface area contributed by atoms with Gasteiger partial charge in [0.1, 0.15) is 12.0 Å². The zero-order chi connectivity index (χ0) is 17.2. The van der Waals surface area contributed by atoms with Crippen LogP contribution in [0.25, 0.3) is 0 Å². The first-order valence-electron chi connectivity index (χ1n) is 5.66. The quantitative estimate of drug-likeness (QED) is 0.348. The lowest BCUT2D eigenvalue weighted by Gasteiger charge is -2.29. The summed E-state index contributed by atoms with van der Waals surface area (Å²) in [6.45, 7) is 1.51. The summed E-state index contributed by atoms with van der Waals surface area (Å²) in [4.78, 5) is 10.3. The average molecular weight is 330 g/mol. The maximum absolute atomic E-state index is 13.5. The lowest BCUT2D eigenvalue weighted by molar-refractivity contribution is -0.348. The summed E-state index contributed by atoms with van der Waals surface area (Å²) in [6.07, 6.45) is -7.07. The molecule has 0 aromatic heterocycles. The van der Waals surface area contributed by atoms with Crippen molar-refractivity contribution in [2.75, 3.05) is 0 Å². The zero-order valence-electron chi connectivity index (χ0n) is 10.9. The third-order valence-corrected chi connectivity index (χ3v) is 2.50. The van der Waals surface area contributed by atoms with E-state index in [2.05, 4.69) is 4.74 Å². The summed E-state index contributed by atoms with van der Waals surface area (Å²) in [5, 5.41) is 0. The molecule has 0 atom stereocenters. The highest BCUT2D eigenvalue weighted by Gasteiger charge is 2.75. The summed E-state index contributed by atoms with van der Waals surface area (Å²) in [7, 11) is 0. The maximum atomic E-state index is 13.5. The molecular formula is C13H9F7O2. The van der Waals surface area contributed by atoms with Gasteiger partial charge >= 0.3 is 18.0 Å². The van der Waals surface area contributed by atoms with Gasteiger partial charge in [-0.15, -0.1) is 0 Å². The summed E-state index contributed by atoms with van der Waals surface area (Å²) in [6, 6.07) is 5.01. The van der Waals surface area contributed by atoms with E-state index in [1.54, 1.807) is 0 Å². The number of benzene rings is 1. The third kappa shape index (κ3) is 3.40. The average Bonchev–Trinajstić information content (AvgIpc) is 2.36. The minimum Gasteiger partial charge on any atom is -0.455 e. The monoisotopic (exact) mass is 330 g/mol. The van der Waals surface area contributed by atoms with Crippen molar-refractivity contribution >= 4 is 6.29 Å². The van der Waals surface area contributed by atoms with Gasteiger partial charge in [-0.3, -0.25) is 4.79 Å². The number of aldehydes is 1. The minimum atomic E-state index is -6.52. The van der Waals surface area contributed by atoms with Crippen molar-refractivity contribution in [1.82, 2.24) is 0 Å². The van der Waals surface area contributed by atoms with E-state index in [0.717, 1.165) is 12.1 Å². The molecule has 22 heavy (non-hydrogen) atoms. The van der Waals surface area contributed by atoms with Gasteiger partial charge in [-0.1, -0.05) is 12.1 Å². The van der Waals surface area contributed by atoms with E-state index >= 15 is 0 Å². The highest BCUT2D eigenvalue weighted by atomic mass is 19.4. The molecule has 0 bridgehead atoms. The molecule has 0 spiro atoms. The van der Waals surface area contributed by atoms with E-state index in [0.29, 0.717) is 5.56 Å². The van der Waals surface area contributed by atoms with Gasteiger partial charge < -0.3 is 4.74 Å².